The van der Waals surface area contributed by atoms with Crippen LogP contribution < -0.4 is 4.90 Å². The third-order valence-corrected chi connectivity index (χ3v) is 10.9. The molecule has 0 saturated carbocycles. The number of aromatic nitrogens is 1. The summed E-state index contributed by atoms with van der Waals surface area (Å²) in [6.07, 6.45) is 0. The molecule has 0 spiro atoms. The summed E-state index contributed by atoms with van der Waals surface area (Å²) < 4.78 is 5.05. The van der Waals surface area contributed by atoms with Crippen LogP contribution in [0.15, 0.2) is 182 Å². The largest absolute Gasteiger partial charge is 0.310 e. The summed E-state index contributed by atoms with van der Waals surface area (Å²) in [5, 5.41) is 7.64. The molecule has 0 fully saturated rings. The lowest BCUT2D eigenvalue weighted by molar-refractivity contribution is 1.18. The molecule has 0 bridgehead atoms. The first kappa shape index (κ1) is 27.9. The van der Waals surface area contributed by atoms with Crippen molar-refractivity contribution in [2.24, 2.45) is 0 Å². The minimum Gasteiger partial charge on any atom is -0.310 e. The van der Waals surface area contributed by atoms with Crippen LogP contribution in [0.3, 0.4) is 0 Å². The van der Waals surface area contributed by atoms with Crippen molar-refractivity contribution < 1.29 is 0 Å². The van der Waals surface area contributed by atoms with Crippen LogP contribution in [0.5, 0.6) is 0 Å². The van der Waals surface area contributed by atoms with Gasteiger partial charge in [0.2, 0.25) is 0 Å². The van der Waals surface area contributed by atoms with Gasteiger partial charge in [-0.2, -0.15) is 0 Å². The Morgan fingerprint density at radius 1 is 0.388 bits per heavy atom. The highest BCUT2D eigenvalue weighted by atomic mass is 32.1. The molecule has 49 heavy (non-hydrogen) atoms. The van der Waals surface area contributed by atoms with Crippen molar-refractivity contribution in [1.29, 1.82) is 0 Å². The molecule has 0 aliphatic heterocycles. The second-order valence-electron chi connectivity index (χ2n) is 12.6. The Morgan fingerprint density at radius 2 is 1.06 bits per heavy atom. The van der Waals surface area contributed by atoms with Crippen molar-refractivity contribution in [2.75, 3.05) is 4.90 Å². The van der Waals surface area contributed by atoms with Gasteiger partial charge in [0.25, 0.3) is 0 Å². The molecule has 0 aliphatic rings. The van der Waals surface area contributed by atoms with E-state index in [1.807, 2.05) is 11.3 Å². The standard InChI is InChI=1S/C46H30N2S/c1-2-11-31(12-3-1)33-14-10-15-36(29-33)47(37-26-28-45-42(30-37)40-18-7-9-20-44(40)49-45)34-22-24-35(25-23-34)48-43-19-8-6-17-39(43)41-27-21-32-13-4-5-16-38(32)46(41)48/h1-30H. The van der Waals surface area contributed by atoms with Gasteiger partial charge in [0.05, 0.1) is 11.0 Å². The van der Waals surface area contributed by atoms with Gasteiger partial charge in [-0.3, -0.25) is 0 Å². The van der Waals surface area contributed by atoms with Crippen LogP contribution in [0.1, 0.15) is 0 Å². The summed E-state index contributed by atoms with van der Waals surface area (Å²) in [5.41, 5.74) is 9.37. The second kappa shape index (κ2) is 11.2. The number of para-hydroxylation sites is 1. The average Bonchev–Trinajstić information content (AvgIpc) is 3.72. The Labute approximate surface area is 288 Å². The first-order valence-corrected chi connectivity index (χ1v) is 17.5. The van der Waals surface area contributed by atoms with Crippen LogP contribution in [0.4, 0.5) is 17.1 Å². The van der Waals surface area contributed by atoms with E-state index >= 15 is 0 Å². The fourth-order valence-electron chi connectivity index (χ4n) is 7.50. The molecule has 0 amide bonds. The Bertz CT molecular complexity index is 2830. The summed E-state index contributed by atoms with van der Waals surface area (Å²) in [7, 11) is 0. The van der Waals surface area contributed by atoms with Crippen molar-refractivity contribution in [2.45, 2.75) is 0 Å². The number of hydrogen-bond acceptors (Lipinski definition) is 2. The first-order valence-electron chi connectivity index (χ1n) is 16.7. The summed E-state index contributed by atoms with van der Waals surface area (Å²) in [4.78, 5) is 2.39. The van der Waals surface area contributed by atoms with E-state index in [0.717, 1.165) is 22.7 Å². The molecule has 0 aliphatic carbocycles. The van der Waals surface area contributed by atoms with Gasteiger partial charge in [-0.1, -0.05) is 115 Å². The fraction of sp³-hybridized carbons (Fsp3) is 0. The van der Waals surface area contributed by atoms with Crippen LogP contribution >= 0.6 is 11.3 Å². The summed E-state index contributed by atoms with van der Waals surface area (Å²) >= 11 is 1.85. The molecule has 2 heterocycles. The van der Waals surface area contributed by atoms with Crippen LogP contribution in [0, 0.1) is 0 Å². The van der Waals surface area contributed by atoms with Gasteiger partial charge in [-0.15, -0.1) is 11.3 Å². The third-order valence-electron chi connectivity index (χ3n) is 9.76. The molecule has 3 heteroatoms. The molecule has 10 rings (SSSR count). The SMILES string of the molecule is c1ccc(-c2cccc(N(c3ccc(-n4c5ccccc5c5ccc6ccccc6c54)cc3)c3ccc4sc5ccccc5c4c3)c2)cc1. The van der Waals surface area contributed by atoms with Crippen LogP contribution in [-0.2, 0) is 0 Å². The number of nitrogens with zero attached hydrogens (tertiary/aromatic N) is 2. The molecule has 0 unspecified atom stereocenters. The highest BCUT2D eigenvalue weighted by Gasteiger charge is 2.18. The minimum absolute atomic E-state index is 1.11. The predicted molar refractivity (Wildman–Crippen MR) is 211 cm³/mol. The van der Waals surface area contributed by atoms with Gasteiger partial charge in [0.1, 0.15) is 0 Å². The maximum absolute atomic E-state index is 2.43. The van der Waals surface area contributed by atoms with Crippen LogP contribution in [-0.4, -0.2) is 4.57 Å². The quantitative estimate of drug-likeness (QED) is 0.181. The van der Waals surface area contributed by atoms with E-state index in [1.54, 1.807) is 0 Å². The smallest absolute Gasteiger partial charge is 0.0619 e. The Balaban J connectivity index is 1.17. The average molecular weight is 643 g/mol. The van der Waals surface area contributed by atoms with E-state index in [4.69, 9.17) is 0 Å². The molecule has 230 valence electrons. The Kier molecular flexibility index (Phi) is 6.39. The van der Waals surface area contributed by atoms with Crippen molar-refractivity contribution in [3.63, 3.8) is 0 Å². The molecule has 0 saturated heterocycles. The number of rotatable bonds is 5. The van der Waals surface area contributed by atoms with Gasteiger partial charge in [-0.05, 0) is 83.2 Å². The molecule has 8 aromatic carbocycles. The van der Waals surface area contributed by atoms with Crippen LogP contribution in [0.25, 0.3) is 69.6 Å². The normalized spacial score (nSPS) is 11.7. The lowest BCUT2D eigenvalue weighted by Gasteiger charge is -2.26. The summed E-state index contributed by atoms with van der Waals surface area (Å²) in [6, 6.07) is 66.2. The maximum atomic E-state index is 2.43. The van der Waals surface area contributed by atoms with E-state index in [0.29, 0.717) is 0 Å². The van der Waals surface area contributed by atoms with Crippen molar-refractivity contribution in [3.8, 4) is 16.8 Å². The molecular formula is C46H30N2S. The Morgan fingerprint density at radius 3 is 1.94 bits per heavy atom. The Hall–Kier alpha value is -6.16. The second-order valence-corrected chi connectivity index (χ2v) is 13.7. The lowest BCUT2D eigenvalue weighted by Crippen LogP contribution is -2.10. The van der Waals surface area contributed by atoms with E-state index in [9.17, 15) is 0 Å². The van der Waals surface area contributed by atoms with Crippen molar-refractivity contribution in [3.05, 3.63) is 182 Å². The van der Waals surface area contributed by atoms with Gasteiger partial charge in [0, 0.05) is 59.1 Å². The van der Waals surface area contributed by atoms with E-state index in [2.05, 4.69) is 191 Å². The molecule has 2 nitrogen and oxygen atoms in total. The number of hydrogen-bond donors (Lipinski definition) is 0. The van der Waals surface area contributed by atoms with Crippen LogP contribution in [0.2, 0.25) is 0 Å². The monoisotopic (exact) mass is 642 g/mol. The maximum Gasteiger partial charge on any atom is 0.0619 e. The zero-order valence-electron chi connectivity index (χ0n) is 26.6. The van der Waals surface area contributed by atoms with Crippen molar-refractivity contribution in [1.82, 2.24) is 4.57 Å². The van der Waals surface area contributed by atoms with E-state index < -0.39 is 0 Å². The zero-order chi connectivity index (χ0) is 32.3. The highest BCUT2D eigenvalue weighted by Crippen LogP contribution is 2.42. The van der Waals surface area contributed by atoms with E-state index in [-0.39, 0.29) is 0 Å². The van der Waals surface area contributed by atoms with Gasteiger partial charge in [0.15, 0.2) is 0 Å². The molecule has 0 N–H and O–H groups in total. The molecule has 0 atom stereocenters. The fourth-order valence-corrected chi connectivity index (χ4v) is 8.59. The van der Waals surface area contributed by atoms with E-state index in [1.165, 1.54) is 63.9 Å². The molecule has 0 radical (unpaired) electrons. The number of thiophene rings is 1. The predicted octanol–water partition coefficient (Wildman–Crippen LogP) is 13.4. The summed E-state index contributed by atoms with van der Waals surface area (Å²) in [6.45, 7) is 0. The van der Waals surface area contributed by atoms with Gasteiger partial charge < -0.3 is 9.47 Å². The van der Waals surface area contributed by atoms with Gasteiger partial charge in [-0.25, -0.2) is 0 Å². The number of benzene rings is 8. The minimum atomic E-state index is 1.11. The number of anilines is 3. The topological polar surface area (TPSA) is 8.17 Å². The highest BCUT2D eigenvalue weighted by molar-refractivity contribution is 7.25. The number of fused-ring (bicyclic) bond motifs is 8. The molecule has 2 aromatic heterocycles. The molecular weight excluding hydrogens is 613 g/mol. The third kappa shape index (κ3) is 4.55. The lowest BCUT2D eigenvalue weighted by atomic mass is 10.0. The van der Waals surface area contributed by atoms with Gasteiger partial charge >= 0.3 is 0 Å². The first-order chi connectivity index (χ1) is 24.3. The van der Waals surface area contributed by atoms with Crippen molar-refractivity contribution >= 4 is 81.1 Å². The zero-order valence-corrected chi connectivity index (χ0v) is 27.4. The summed E-state index contributed by atoms with van der Waals surface area (Å²) in [5.74, 6) is 0. The molecule has 10 aromatic rings.